The number of nitrogens with one attached hydrogen (secondary N) is 1. The maximum Gasteiger partial charge on any atom is 0.0834 e. The zero-order valence-corrected chi connectivity index (χ0v) is 13.9. The Morgan fingerprint density at radius 1 is 1.40 bits per heavy atom. The van der Waals surface area contributed by atoms with Gasteiger partial charge in [-0.25, -0.2) is 0 Å². The lowest BCUT2D eigenvalue weighted by atomic mass is 9.99. The SMILES string of the molecule is CCCNC(CC(C)COC)c1c(Cl)cnn1CCC. The number of halogens is 1. The van der Waals surface area contributed by atoms with Crippen LogP contribution in [0.25, 0.3) is 0 Å². The number of nitrogens with zero attached hydrogens (tertiary/aromatic N) is 2. The zero-order chi connectivity index (χ0) is 15.0. The highest BCUT2D eigenvalue weighted by atomic mass is 35.5. The van der Waals surface area contributed by atoms with Crippen molar-refractivity contribution in [2.24, 2.45) is 5.92 Å². The summed E-state index contributed by atoms with van der Waals surface area (Å²) in [6, 6.07) is 0.238. The third kappa shape index (κ3) is 5.08. The third-order valence-electron chi connectivity index (χ3n) is 3.33. The molecule has 0 bridgehead atoms. The van der Waals surface area contributed by atoms with E-state index in [0.717, 1.165) is 49.7 Å². The van der Waals surface area contributed by atoms with Gasteiger partial charge < -0.3 is 10.1 Å². The van der Waals surface area contributed by atoms with Crippen LogP contribution < -0.4 is 5.32 Å². The van der Waals surface area contributed by atoms with E-state index in [4.69, 9.17) is 16.3 Å². The van der Waals surface area contributed by atoms with Gasteiger partial charge in [-0.3, -0.25) is 4.68 Å². The van der Waals surface area contributed by atoms with Crippen molar-refractivity contribution in [1.82, 2.24) is 15.1 Å². The molecule has 116 valence electrons. The molecule has 0 fully saturated rings. The Balaban J connectivity index is 2.88. The second kappa shape index (κ2) is 9.37. The second-order valence-corrected chi connectivity index (χ2v) is 5.81. The predicted molar refractivity (Wildman–Crippen MR) is 84.2 cm³/mol. The van der Waals surface area contributed by atoms with Crippen molar-refractivity contribution in [1.29, 1.82) is 0 Å². The topological polar surface area (TPSA) is 39.1 Å². The zero-order valence-electron chi connectivity index (χ0n) is 13.2. The molecule has 1 aromatic rings. The van der Waals surface area contributed by atoms with Crippen molar-refractivity contribution >= 4 is 11.6 Å². The van der Waals surface area contributed by atoms with Crippen molar-refractivity contribution in [3.05, 3.63) is 16.9 Å². The molecular weight excluding hydrogens is 274 g/mol. The van der Waals surface area contributed by atoms with Crippen LogP contribution in [-0.4, -0.2) is 30.0 Å². The van der Waals surface area contributed by atoms with E-state index in [-0.39, 0.29) is 6.04 Å². The highest BCUT2D eigenvalue weighted by molar-refractivity contribution is 6.31. The summed E-state index contributed by atoms with van der Waals surface area (Å²) in [5.41, 5.74) is 1.12. The molecule has 0 saturated heterocycles. The number of hydrogen-bond donors (Lipinski definition) is 1. The maximum atomic E-state index is 6.36. The number of ether oxygens (including phenoxy) is 1. The van der Waals surface area contributed by atoms with Gasteiger partial charge in [-0.2, -0.15) is 5.10 Å². The Kier molecular flexibility index (Phi) is 8.19. The first-order chi connectivity index (χ1) is 9.63. The molecule has 1 N–H and O–H groups in total. The Morgan fingerprint density at radius 3 is 2.75 bits per heavy atom. The third-order valence-corrected chi connectivity index (χ3v) is 3.62. The van der Waals surface area contributed by atoms with Crippen LogP contribution >= 0.6 is 11.6 Å². The Hall–Kier alpha value is -0.580. The lowest BCUT2D eigenvalue weighted by Gasteiger charge is -2.23. The van der Waals surface area contributed by atoms with Gasteiger partial charge in [0.1, 0.15) is 0 Å². The molecule has 0 aliphatic heterocycles. The van der Waals surface area contributed by atoms with Crippen LogP contribution in [0.2, 0.25) is 5.02 Å². The molecule has 20 heavy (non-hydrogen) atoms. The molecule has 1 heterocycles. The molecule has 0 aliphatic carbocycles. The minimum Gasteiger partial charge on any atom is -0.384 e. The van der Waals surface area contributed by atoms with Crippen molar-refractivity contribution in [2.75, 3.05) is 20.3 Å². The fraction of sp³-hybridized carbons (Fsp3) is 0.800. The largest absolute Gasteiger partial charge is 0.384 e. The van der Waals surface area contributed by atoms with Crippen molar-refractivity contribution in [3.8, 4) is 0 Å². The molecule has 0 aliphatic rings. The monoisotopic (exact) mass is 301 g/mol. The predicted octanol–water partition coefficient (Wildman–Crippen LogP) is 3.66. The van der Waals surface area contributed by atoms with Gasteiger partial charge in [0.2, 0.25) is 0 Å². The van der Waals surface area contributed by atoms with E-state index in [1.807, 2.05) is 4.68 Å². The van der Waals surface area contributed by atoms with E-state index in [9.17, 15) is 0 Å². The van der Waals surface area contributed by atoms with Crippen LogP contribution in [-0.2, 0) is 11.3 Å². The first-order valence-corrected chi connectivity index (χ1v) is 7.95. The molecule has 0 amide bonds. The van der Waals surface area contributed by atoms with Gasteiger partial charge in [-0.05, 0) is 31.7 Å². The van der Waals surface area contributed by atoms with Crippen LogP contribution in [0, 0.1) is 5.92 Å². The van der Waals surface area contributed by atoms with E-state index in [0.29, 0.717) is 5.92 Å². The molecule has 0 spiro atoms. The van der Waals surface area contributed by atoms with Crippen molar-refractivity contribution < 1.29 is 4.74 Å². The Labute approximate surface area is 127 Å². The van der Waals surface area contributed by atoms with E-state index in [1.54, 1.807) is 13.3 Å². The van der Waals surface area contributed by atoms with Gasteiger partial charge in [0.05, 0.1) is 23.0 Å². The number of aromatic nitrogens is 2. The molecule has 2 unspecified atom stereocenters. The molecule has 1 rings (SSSR count). The van der Waals surface area contributed by atoms with E-state index in [1.165, 1.54) is 0 Å². The average Bonchev–Trinajstić information content (AvgIpc) is 2.77. The van der Waals surface area contributed by atoms with Crippen LogP contribution in [0.15, 0.2) is 6.20 Å². The van der Waals surface area contributed by atoms with Gasteiger partial charge in [-0.1, -0.05) is 32.4 Å². The van der Waals surface area contributed by atoms with E-state index in [2.05, 4.69) is 31.2 Å². The standard InChI is InChI=1S/C15H28ClN3O/c1-5-7-17-14(9-12(3)11-20-4)15-13(16)10-18-19(15)8-6-2/h10,12,14,17H,5-9,11H2,1-4H3. The summed E-state index contributed by atoms with van der Waals surface area (Å²) in [7, 11) is 1.75. The fourth-order valence-corrected chi connectivity index (χ4v) is 2.75. The normalized spacial score (nSPS) is 14.4. The van der Waals surface area contributed by atoms with E-state index >= 15 is 0 Å². The highest BCUT2D eigenvalue weighted by Gasteiger charge is 2.21. The maximum absolute atomic E-state index is 6.36. The smallest absolute Gasteiger partial charge is 0.0834 e. The molecule has 0 saturated carbocycles. The summed E-state index contributed by atoms with van der Waals surface area (Å²) in [5, 5.41) is 8.76. The molecule has 4 nitrogen and oxygen atoms in total. The first-order valence-electron chi connectivity index (χ1n) is 7.57. The van der Waals surface area contributed by atoms with Crippen LogP contribution in [0.5, 0.6) is 0 Å². The van der Waals surface area contributed by atoms with Gasteiger partial charge in [-0.15, -0.1) is 0 Å². The summed E-state index contributed by atoms with van der Waals surface area (Å²) >= 11 is 6.36. The quantitative estimate of drug-likeness (QED) is 0.717. The van der Waals surface area contributed by atoms with Crippen LogP contribution in [0.1, 0.15) is 51.8 Å². The first kappa shape index (κ1) is 17.5. The molecule has 2 atom stereocenters. The van der Waals surface area contributed by atoms with Gasteiger partial charge >= 0.3 is 0 Å². The van der Waals surface area contributed by atoms with Crippen LogP contribution in [0.4, 0.5) is 0 Å². The fourth-order valence-electron chi connectivity index (χ4n) is 2.47. The lowest BCUT2D eigenvalue weighted by Crippen LogP contribution is -2.27. The summed E-state index contributed by atoms with van der Waals surface area (Å²) in [4.78, 5) is 0. The lowest BCUT2D eigenvalue weighted by molar-refractivity contribution is 0.148. The Bertz CT molecular complexity index is 381. The van der Waals surface area contributed by atoms with Crippen LogP contribution in [0.3, 0.4) is 0 Å². The summed E-state index contributed by atoms with van der Waals surface area (Å²) in [6.07, 6.45) is 4.92. The summed E-state index contributed by atoms with van der Waals surface area (Å²) < 4.78 is 7.29. The molecule has 0 radical (unpaired) electrons. The minimum atomic E-state index is 0.238. The average molecular weight is 302 g/mol. The summed E-state index contributed by atoms with van der Waals surface area (Å²) in [6.45, 7) is 9.19. The molecule has 5 heteroatoms. The number of aryl methyl sites for hydroxylation is 1. The Morgan fingerprint density at radius 2 is 2.15 bits per heavy atom. The molecule has 0 aromatic carbocycles. The van der Waals surface area contributed by atoms with Gasteiger partial charge in [0, 0.05) is 20.3 Å². The highest BCUT2D eigenvalue weighted by Crippen LogP contribution is 2.28. The van der Waals surface area contributed by atoms with E-state index < -0.39 is 0 Å². The van der Waals surface area contributed by atoms with Crippen molar-refractivity contribution in [3.63, 3.8) is 0 Å². The second-order valence-electron chi connectivity index (χ2n) is 5.40. The number of rotatable bonds is 10. The van der Waals surface area contributed by atoms with Gasteiger partial charge in [0.15, 0.2) is 0 Å². The van der Waals surface area contributed by atoms with Crippen molar-refractivity contribution in [2.45, 2.75) is 52.6 Å². The molecular formula is C15H28ClN3O. The minimum absolute atomic E-state index is 0.238. The molecule has 1 aromatic heterocycles. The number of methoxy groups -OCH3 is 1. The van der Waals surface area contributed by atoms with Gasteiger partial charge in [0.25, 0.3) is 0 Å². The summed E-state index contributed by atoms with van der Waals surface area (Å²) in [5.74, 6) is 0.482. The number of hydrogen-bond acceptors (Lipinski definition) is 3.